The lowest BCUT2D eigenvalue weighted by Crippen LogP contribution is -2.48. The summed E-state index contributed by atoms with van der Waals surface area (Å²) in [4.78, 5) is 21.5. The maximum Gasteiger partial charge on any atom is 0.319 e. The molecule has 0 aliphatic carbocycles. The summed E-state index contributed by atoms with van der Waals surface area (Å²) in [5.74, 6) is 1.99. The summed E-state index contributed by atoms with van der Waals surface area (Å²) in [6.45, 7) is 5.44. The predicted octanol–water partition coefficient (Wildman–Crippen LogP) is 3.64. The molecule has 144 valence electrons. The number of aromatic amines is 1. The number of carbonyl (C=O) groups is 1. The number of H-pyrrole nitrogens is 1. The number of carbonyl (C=O) groups excluding carboxylic acids is 1. The minimum Gasteiger partial charge on any atom is -0.325 e. The maximum absolute atomic E-state index is 12.7. The number of nitrogens with one attached hydrogen (secondary N) is 2. The molecule has 2 amide bonds. The smallest absolute Gasteiger partial charge is 0.319 e. The second-order valence-corrected chi connectivity index (χ2v) is 7.60. The third kappa shape index (κ3) is 4.23. The highest BCUT2D eigenvalue weighted by atomic mass is 16.2. The van der Waals surface area contributed by atoms with Crippen molar-refractivity contribution in [1.29, 1.82) is 0 Å². The summed E-state index contributed by atoms with van der Waals surface area (Å²) in [7, 11) is 0. The van der Waals surface area contributed by atoms with E-state index in [4.69, 9.17) is 4.98 Å². The molecule has 7 nitrogen and oxygen atoms in total. The topological polar surface area (TPSA) is 77.2 Å². The Labute approximate surface area is 160 Å². The van der Waals surface area contributed by atoms with E-state index in [0.717, 1.165) is 74.9 Å². The van der Waals surface area contributed by atoms with E-state index < -0.39 is 0 Å². The summed E-state index contributed by atoms with van der Waals surface area (Å²) in [5, 5.41) is 10.4. The van der Waals surface area contributed by atoms with Crippen LogP contribution in [0, 0.1) is 6.92 Å². The lowest BCUT2D eigenvalue weighted by atomic mass is 9.93. The van der Waals surface area contributed by atoms with Gasteiger partial charge in [0.05, 0.1) is 0 Å². The molecule has 27 heavy (non-hydrogen) atoms. The number of aryl methyl sites for hydroxylation is 1. The van der Waals surface area contributed by atoms with Crippen molar-refractivity contribution in [1.82, 2.24) is 25.0 Å². The Bertz CT molecular complexity index is 774. The van der Waals surface area contributed by atoms with Gasteiger partial charge < -0.3 is 15.1 Å². The van der Waals surface area contributed by atoms with Crippen LogP contribution in [0.25, 0.3) is 0 Å². The van der Waals surface area contributed by atoms with E-state index in [2.05, 4.69) is 21.6 Å². The number of likely N-dealkylation sites (tertiary alicyclic amines) is 2. The first kappa shape index (κ1) is 17.8. The van der Waals surface area contributed by atoms with Crippen molar-refractivity contribution < 1.29 is 4.79 Å². The quantitative estimate of drug-likeness (QED) is 0.867. The van der Waals surface area contributed by atoms with Gasteiger partial charge in [0.1, 0.15) is 5.82 Å². The van der Waals surface area contributed by atoms with Crippen molar-refractivity contribution in [2.75, 3.05) is 31.5 Å². The number of nitrogens with zero attached hydrogens (tertiary/aromatic N) is 4. The average Bonchev–Trinajstić information content (AvgIpc) is 3.13. The second kappa shape index (κ2) is 7.98. The van der Waals surface area contributed by atoms with Gasteiger partial charge in [-0.25, -0.2) is 9.78 Å². The SMILES string of the molecule is Cc1cc(Nc2cccc(C3CCN(C(=O)N4CCCCC4)CC3)n2)n[nH]1. The number of aromatic nitrogens is 3. The molecule has 2 N–H and O–H groups in total. The van der Waals surface area contributed by atoms with Crippen LogP contribution in [0.15, 0.2) is 24.3 Å². The molecule has 0 aromatic carbocycles. The maximum atomic E-state index is 12.7. The molecule has 0 radical (unpaired) electrons. The lowest BCUT2D eigenvalue weighted by molar-refractivity contribution is 0.131. The van der Waals surface area contributed by atoms with Gasteiger partial charge >= 0.3 is 6.03 Å². The van der Waals surface area contributed by atoms with Crippen LogP contribution in [0.1, 0.15) is 49.4 Å². The fourth-order valence-electron chi connectivity index (χ4n) is 4.01. The van der Waals surface area contributed by atoms with Gasteiger partial charge in [-0.3, -0.25) is 5.10 Å². The monoisotopic (exact) mass is 368 g/mol. The molecule has 4 heterocycles. The number of piperidine rings is 2. The standard InChI is InChI=1S/C20H28N6O/c1-15-14-19(24-23-15)22-18-7-5-6-17(21-18)16-8-12-26(13-9-16)20(27)25-10-3-2-4-11-25/h5-7,14,16H,2-4,8-13H2,1H3,(H2,21,22,23,24). The Morgan fingerprint density at radius 1 is 1.07 bits per heavy atom. The summed E-state index contributed by atoms with van der Waals surface area (Å²) in [5.41, 5.74) is 2.11. The highest BCUT2D eigenvalue weighted by molar-refractivity contribution is 5.74. The van der Waals surface area contributed by atoms with Crippen LogP contribution in [0.5, 0.6) is 0 Å². The van der Waals surface area contributed by atoms with Gasteiger partial charge in [0.15, 0.2) is 5.82 Å². The third-order valence-electron chi connectivity index (χ3n) is 5.54. The molecular weight excluding hydrogens is 340 g/mol. The van der Waals surface area contributed by atoms with Gasteiger partial charge in [-0.05, 0) is 51.2 Å². The van der Waals surface area contributed by atoms with E-state index in [1.165, 1.54) is 6.42 Å². The van der Waals surface area contributed by atoms with E-state index in [0.29, 0.717) is 5.92 Å². The molecule has 0 spiro atoms. The van der Waals surface area contributed by atoms with E-state index in [-0.39, 0.29) is 6.03 Å². The van der Waals surface area contributed by atoms with Gasteiger partial charge in [0.2, 0.25) is 0 Å². The van der Waals surface area contributed by atoms with Crippen LogP contribution in [-0.2, 0) is 0 Å². The number of hydrogen-bond acceptors (Lipinski definition) is 4. The summed E-state index contributed by atoms with van der Waals surface area (Å²) in [6.07, 6.45) is 5.47. The predicted molar refractivity (Wildman–Crippen MR) is 105 cm³/mol. The van der Waals surface area contributed by atoms with E-state index in [9.17, 15) is 4.79 Å². The van der Waals surface area contributed by atoms with Gasteiger partial charge in [0.25, 0.3) is 0 Å². The van der Waals surface area contributed by atoms with E-state index in [1.807, 2.05) is 34.9 Å². The molecule has 2 aromatic heterocycles. The van der Waals surface area contributed by atoms with Gasteiger partial charge in [0, 0.05) is 49.6 Å². The first-order chi connectivity index (χ1) is 13.2. The average molecular weight is 368 g/mol. The molecule has 2 fully saturated rings. The van der Waals surface area contributed by atoms with Crippen LogP contribution in [0.4, 0.5) is 16.4 Å². The molecular formula is C20H28N6O. The van der Waals surface area contributed by atoms with Crippen LogP contribution in [0.2, 0.25) is 0 Å². The first-order valence-corrected chi connectivity index (χ1v) is 9.99. The van der Waals surface area contributed by atoms with Gasteiger partial charge in [-0.1, -0.05) is 6.07 Å². The summed E-state index contributed by atoms with van der Waals surface area (Å²) >= 11 is 0. The third-order valence-corrected chi connectivity index (χ3v) is 5.54. The number of pyridine rings is 1. The Hall–Kier alpha value is -2.57. The second-order valence-electron chi connectivity index (χ2n) is 7.60. The lowest BCUT2D eigenvalue weighted by Gasteiger charge is -2.37. The zero-order chi connectivity index (χ0) is 18.6. The molecule has 0 atom stereocenters. The minimum atomic E-state index is 0.227. The van der Waals surface area contributed by atoms with Crippen LogP contribution >= 0.6 is 0 Å². The van der Waals surface area contributed by atoms with Gasteiger partial charge in [-0.15, -0.1) is 0 Å². The normalized spacial score (nSPS) is 18.6. The Morgan fingerprint density at radius 2 is 1.81 bits per heavy atom. The Kier molecular flexibility index (Phi) is 5.27. The molecule has 7 heteroatoms. The number of hydrogen-bond donors (Lipinski definition) is 2. The van der Waals surface area contributed by atoms with Crippen molar-refractivity contribution in [2.45, 2.75) is 44.9 Å². The number of amides is 2. The Morgan fingerprint density at radius 3 is 2.52 bits per heavy atom. The zero-order valence-electron chi connectivity index (χ0n) is 15.9. The molecule has 4 rings (SSSR count). The number of urea groups is 1. The number of rotatable bonds is 3. The van der Waals surface area contributed by atoms with Crippen molar-refractivity contribution in [3.05, 3.63) is 35.7 Å². The molecule has 2 aliphatic rings. The largest absolute Gasteiger partial charge is 0.325 e. The van der Waals surface area contributed by atoms with Crippen molar-refractivity contribution in [3.8, 4) is 0 Å². The summed E-state index contributed by atoms with van der Waals surface area (Å²) < 4.78 is 0. The molecule has 2 saturated heterocycles. The van der Waals surface area contributed by atoms with Crippen LogP contribution in [-0.4, -0.2) is 57.2 Å². The molecule has 0 unspecified atom stereocenters. The van der Waals surface area contributed by atoms with Crippen LogP contribution in [0.3, 0.4) is 0 Å². The van der Waals surface area contributed by atoms with Gasteiger partial charge in [-0.2, -0.15) is 5.10 Å². The molecule has 0 bridgehead atoms. The van der Waals surface area contributed by atoms with Crippen molar-refractivity contribution in [3.63, 3.8) is 0 Å². The number of anilines is 2. The fourth-order valence-corrected chi connectivity index (χ4v) is 4.01. The van der Waals surface area contributed by atoms with Crippen molar-refractivity contribution in [2.24, 2.45) is 0 Å². The molecule has 2 aromatic rings. The van der Waals surface area contributed by atoms with E-state index >= 15 is 0 Å². The minimum absolute atomic E-state index is 0.227. The molecule has 0 saturated carbocycles. The first-order valence-electron chi connectivity index (χ1n) is 9.99. The Balaban J connectivity index is 1.35. The molecule has 2 aliphatic heterocycles. The van der Waals surface area contributed by atoms with Crippen molar-refractivity contribution >= 4 is 17.7 Å². The summed E-state index contributed by atoms with van der Waals surface area (Å²) in [6, 6.07) is 8.27. The fraction of sp³-hybridized carbons (Fsp3) is 0.550. The highest BCUT2D eigenvalue weighted by Crippen LogP contribution is 2.28. The van der Waals surface area contributed by atoms with E-state index in [1.54, 1.807) is 0 Å². The zero-order valence-corrected chi connectivity index (χ0v) is 15.9. The highest BCUT2D eigenvalue weighted by Gasteiger charge is 2.28. The van der Waals surface area contributed by atoms with Crippen LogP contribution < -0.4 is 5.32 Å².